The maximum Gasteiger partial charge on any atom is 0.0250 e. The summed E-state index contributed by atoms with van der Waals surface area (Å²) in [6, 6.07) is 0.677. The molecule has 0 heterocycles. The topological polar surface area (TPSA) is 12.0 Å². The average molecular weight is 221 g/mol. The maximum atomic E-state index is 3.69. The molecule has 16 heavy (non-hydrogen) atoms. The van der Waals surface area contributed by atoms with Crippen LogP contribution in [-0.4, -0.2) is 12.6 Å². The van der Waals surface area contributed by atoms with Crippen molar-refractivity contribution >= 4 is 0 Å². The van der Waals surface area contributed by atoms with Crippen molar-refractivity contribution in [2.45, 2.75) is 64.3 Å². The minimum atomic E-state index is 0.677. The van der Waals surface area contributed by atoms with Crippen LogP contribution in [-0.2, 0) is 0 Å². The highest BCUT2D eigenvalue weighted by Gasteiger charge is 2.18. The van der Waals surface area contributed by atoms with E-state index in [0.717, 1.165) is 11.8 Å². The van der Waals surface area contributed by atoms with Crippen LogP contribution in [0.2, 0.25) is 0 Å². The van der Waals surface area contributed by atoms with Crippen LogP contribution >= 0.6 is 0 Å². The molecular formula is C15H27N. The van der Waals surface area contributed by atoms with Gasteiger partial charge in [-0.15, -0.1) is 0 Å². The Hall–Kier alpha value is -0.300. The first-order valence-electron chi connectivity index (χ1n) is 7.24. The fourth-order valence-electron chi connectivity index (χ4n) is 3.07. The van der Waals surface area contributed by atoms with E-state index in [4.69, 9.17) is 0 Å². The van der Waals surface area contributed by atoms with Crippen molar-refractivity contribution in [2.75, 3.05) is 6.54 Å². The van der Waals surface area contributed by atoms with Gasteiger partial charge in [-0.25, -0.2) is 0 Å². The minimum Gasteiger partial charge on any atom is -0.311 e. The first kappa shape index (κ1) is 12.2. The van der Waals surface area contributed by atoms with Crippen molar-refractivity contribution in [2.24, 2.45) is 11.8 Å². The number of allylic oxidation sites excluding steroid dienone is 1. The van der Waals surface area contributed by atoms with Crippen LogP contribution in [0.3, 0.4) is 0 Å². The van der Waals surface area contributed by atoms with E-state index in [1.807, 2.05) is 0 Å². The Morgan fingerprint density at radius 3 is 2.62 bits per heavy atom. The second-order valence-corrected chi connectivity index (χ2v) is 5.83. The van der Waals surface area contributed by atoms with E-state index in [2.05, 4.69) is 24.4 Å². The van der Waals surface area contributed by atoms with Crippen molar-refractivity contribution in [3.8, 4) is 0 Å². The molecule has 1 heteroatoms. The van der Waals surface area contributed by atoms with Crippen LogP contribution in [0.4, 0.5) is 0 Å². The molecule has 1 atom stereocenters. The van der Waals surface area contributed by atoms with Crippen molar-refractivity contribution in [3.05, 3.63) is 12.2 Å². The molecule has 92 valence electrons. The van der Waals surface area contributed by atoms with E-state index in [9.17, 15) is 0 Å². The first-order chi connectivity index (χ1) is 7.84. The van der Waals surface area contributed by atoms with Gasteiger partial charge in [0.15, 0.2) is 0 Å². The summed E-state index contributed by atoms with van der Waals surface area (Å²) < 4.78 is 0. The van der Waals surface area contributed by atoms with Crippen molar-refractivity contribution in [1.82, 2.24) is 5.32 Å². The summed E-state index contributed by atoms with van der Waals surface area (Å²) in [5.41, 5.74) is 0. The molecule has 1 fully saturated rings. The van der Waals surface area contributed by atoms with Gasteiger partial charge in [-0.1, -0.05) is 44.8 Å². The van der Waals surface area contributed by atoms with Crippen molar-refractivity contribution < 1.29 is 0 Å². The van der Waals surface area contributed by atoms with E-state index in [-0.39, 0.29) is 0 Å². The highest BCUT2D eigenvalue weighted by atomic mass is 14.9. The van der Waals surface area contributed by atoms with Gasteiger partial charge in [0.05, 0.1) is 0 Å². The van der Waals surface area contributed by atoms with E-state index >= 15 is 0 Å². The van der Waals surface area contributed by atoms with E-state index in [1.165, 1.54) is 57.9 Å². The molecule has 2 aliphatic rings. The molecule has 0 spiro atoms. The molecule has 1 N–H and O–H groups in total. The Labute approximate surface area is 101 Å². The molecule has 0 amide bonds. The minimum absolute atomic E-state index is 0.677. The monoisotopic (exact) mass is 221 g/mol. The Balaban J connectivity index is 1.57. The highest BCUT2D eigenvalue weighted by molar-refractivity contribution is 4.97. The lowest BCUT2D eigenvalue weighted by molar-refractivity contribution is 0.273. The van der Waals surface area contributed by atoms with Crippen molar-refractivity contribution in [1.29, 1.82) is 0 Å². The molecule has 1 unspecified atom stereocenters. The smallest absolute Gasteiger partial charge is 0.0250 e. The van der Waals surface area contributed by atoms with Gasteiger partial charge in [0.2, 0.25) is 0 Å². The molecule has 0 radical (unpaired) electrons. The number of hydrogen-bond acceptors (Lipinski definition) is 1. The van der Waals surface area contributed by atoms with Gasteiger partial charge in [-0.2, -0.15) is 0 Å². The molecule has 1 nitrogen and oxygen atoms in total. The zero-order valence-electron chi connectivity index (χ0n) is 10.8. The Morgan fingerprint density at radius 1 is 1.12 bits per heavy atom. The van der Waals surface area contributed by atoms with Gasteiger partial charge in [0.25, 0.3) is 0 Å². The predicted molar refractivity (Wildman–Crippen MR) is 70.5 cm³/mol. The van der Waals surface area contributed by atoms with Gasteiger partial charge in [0, 0.05) is 6.04 Å². The summed E-state index contributed by atoms with van der Waals surface area (Å²) in [5, 5.41) is 3.69. The number of nitrogens with one attached hydrogen (secondary N) is 1. The molecule has 0 aromatic heterocycles. The van der Waals surface area contributed by atoms with Gasteiger partial charge >= 0.3 is 0 Å². The fourth-order valence-corrected chi connectivity index (χ4v) is 3.07. The lowest BCUT2D eigenvalue weighted by Gasteiger charge is -2.27. The Morgan fingerprint density at radius 2 is 1.94 bits per heavy atom. The molecule has 2 aliphatic carbocycles. The third kappa shape index (κ3) is 3.93. The number of hydrogen-bond donors (Lipinski definition) is 1. The number of rotatable bonds is 4. The highest BCUT2D eigenvalue weighted by Crippen LogP contribution is 2.30. The molecule has 1 saturated carbocycles. The molecule has 0 aromatic rings. The normalized spacial score (nSPS) is 35.2. The van der Waals surface area contributed by atoms with Crippen LogP contribution in [0.5, 0.6) is 0 Å². The second-order valence-electron chi connectivity index (χ2n) is 5.83. The standard InChI is InChI=1S/C15H27N/c1-13-7-9-14(10-8-13)11-12-16-15-5-3-2-4-6-15/h3,5,13-16H,2,4,6-12H2,1H3. The Kier molecular flexibility index (Phi) is 4.90. The van der Waals surface area contributed by atoms with Gasteiger partial charge in [-0.05, 0) is 44.1 Å². The maximum absolute atomic E-state index is 3.69. The molecular weight excluding hydrogens is 194 g/mol. The third-order valence-electron chi connectivity index (χ3n) is 4.35. The summed E-state index contributed by atoms with van der Waals surface area (Å²) in [6.45, 7) is 3.63. The SMILES string of the molecule is CC1CCC(CCNC2C=CCCC2)CC1. The van der Waals surface area contributed by atoms with E-state index in [1.54, 1.807) is 0 Å². The predicted octanol–water partition coefficient (Wildman–Crippen LogP) is 3.90. The van der Waals surface area contributed by atoms with Crippen LogP contribution in [0.15, 0.2) is 12.2 Å². The van der Waals surface area contributed by atoms with Gasteiger partial charge in [0.1, 0.15) is 0 Å². The van der Waals surface area contributed by atoms with Crippen LogP contribution < -0.4 is 5.32 Å². The van der Waals surface area contributed by atoms with Gasteiger partial charge < -0.3 is 5.32 Å². The largest absolute Gasteiger partial charge is 0.311 e. The van der Waals surface area contributed by atoms with E-state index in [0.29, 0.717) is 6.04 Å². The summed E-state index contributed by atoms with van der Waals surface area (Å²) in [6.07, 6.45) is 16.0. The molecule has 0 aliphatic heterocycles. The van der Waals surface area contributed by atoms with E-state index < -0.39 is 0 Å². The Bertz CT molecular complexity index is 213. The summed E-state index contributed by atoms with van der Waals surface area (Å²) in [5.74, 6) is 2.00. The summed E-state index contributed by atoms with van der Waals surface area (Å²) in [7, 11) is 0. The van der Waals surface area contributed by atoms with Crippen LogP contribution in [0.1, 0.15) is 58.3 Å². The lowest BCUT2D eigenvalue weighted by atomic mass is 9.81. The van der Waals surface area contributed by atoms with Crippen molar-refractivity contribution in [3.63, 3.8) is 0 Å². The molecule has 2 rings (SSSR count). The summed E-state index contributed by atoms with van der Waals surface area (Å²) >= 11 is 0. The average Bonchev–Trinajstić information content (AvgIpc) is 2.33. The van der Waals surface area contributed by atoms with Crippen LogP contribution in [0, 0.1) is 11.8 Å². The third-order valence-corrected chi connectivity index (χ3v) is 4.35. The lowest BCUT2D eigenvalue weighted by Crippen LogP contribution is -2.30. The van der Waals surface area contributed by atoms with Crippen LogP contribution in [0.25, 0.3) is 0 Å². The molecule has 0 aromatic carbocycles. The quantitative estimate of drug-likeness (QED) is 0.710. The summed E-state index contributed by atoms with van der Waals surface area (Å²) in [4.78, 5) is 0. The first-order valence-corrected chi connectivity index (χ1v) is 7.24. The second kappa shape index (κ2) is 6.44. The fraction of sp³-hybridized carbons (Fsp3) is 0.867. The zero-order valence-corrected chi connectivity index (χ0v) is 10.8. The molecule has 0 bridgehead atoms. The molecule has 0 saturated heterocycles. The zero-order chi connectivity index (χ0) is 11.2. The van der Waals surface area contributed by atoms with Gasteiger partial charge in [-0.3, -0.25) is 0 Å².